The van der Waals surface area contributed by atoms with Gasteiger partial charge in [-0.25, -0.2) is 4.79 Å². The molecule has 1 amide bonds. The van der Waals surface area contributed by atoms with Gasteiger partial charge in [0.1, 0.15) is 35.5 Å². The van der Waals surface area contributed by atoms with Crippen molar-refractivity contribution in [2.24, 2.45) is 22.9 Å². The number of thioether (sulfide) groups is 1. The summed E-state index contributed by atoms with van der Waals surface area (Å²) in [7, 11) is 0. The number of fused-ring (bicyclic) bond motifs is 2. The number of amides is 1. The van der Waals surface area contributed by atoms with Crippen LogP contribution in [0.3, 0.4) is 0 Å². The third-order valence-electron chi connectivity index (χ3n) is 11.0. The van der Waals surface area contributed by atoms with Crippen molar-refractivity contribution >= 4 is 35.2 Å². The Hall–Kier alpha value is -3.30. The standard InChI is InChI=1S/C45H63ClN2O10S/c1-6-24-55-45-40(48(20-26-53-27-23-51)43(52)54-25-19-46)30-38(47-58-44(2,3)4)36-28-31(11-7-9-21-49)35(12-8-10-22-50)41(42(36)45)37-29-33(15-18-39(37)57-45)56-32-13-16-34(59-5)17-14-32/h6,13-18,28-29,31,35,40-42,49-51H,1,7-12,19-27,30H2,2-5H3. The van der Waals surface area contributed by atoms with E-state index in [2.05, 4.69) is 18.7 Å². The first-order chi connectivity index (χ1) is 28.5. The number of carbonyl (C=O) groups is 1. The number of halogens is 1. The van der Waals surface area contributed by atoms with Crippen molar-refractivity contribution < 1.29 is 48.6 Å². The van der Waals surface area contributed by atoms with Gasteiger partial charge in [-0.3, -0.25) is 4.90 Å². The first-order valence-corrected chi connectivity index (χ1v) is 22.6. The fraction of sp³-hybridized carbons (Fsp3) is 0.600. The smallest absolute Gasteiger partial charge is 0.410 e. The Morgan fingerprint density at radius 2 is 1.75 bits per heavy atom. The maximum atomic E-state index is 14.2. The summed E-state index contributed by atoms with van der Waals surface area (Å²) in [6.07, 6.45) is 10.1. The maximum absolute atomic E-state index is 14.2. The van der Waals surface area contributed by atoms with E-state index in [1.165, 1.54) is 0 Å². The number of allylic oxidation sites excluding steroid dienone is 1. The highest BCUT2D eigenvalue weighted by Gasteiger charge is 2.65. The average molecular weight is 860 g/mol. The number of nitrogens with zero attached hydrogens (tertiary/aromatic N) is 2. The number of hydrogen-bond donors (Lipinski definition) is 3. The molecule has 326 valence electrons. The van der Waals surface area contributed by atoms with Crippen LogP contribution < -0.4 is 9.47 Å². The van der Waals surface area contributed by atoms with Gasteiger partial charge in [-0.2, -0.15) is 0 Å². The first-order valence-electron chi connectivity index (χ1n) is 20.8. The van der Waals surface area contributed by atoms with E-state index in [-0.39, 0.29) is 82.8 Å². The summed E-state index contributed by atoms with van der Waals surface area (Å²) in [5.41, 5.74) is 1.91. The third-order valence-corrected chi connectivity index (χ3v) is 11.9. The number of benzene rings is 2. The van der Waals surface area contributed by atoms with E-state index in [1.807, 2.05) is 63.4 Å². The van der Waals surface area contributed by atoms with E-state index < -0.39 is 29.4 Å². The van der Waals surface area contributed by atoms with Crippen molar-refractivity contribution in [3.8, 4) is 17.2 Å². The second-order valence-corrected chi connectivity index (χ2v) is 17.3. The number of unbranched alkanes of at least 4 members (excludes halogenated alkanes) is 2. The Morgan fingerprint density at radius 1 is 1.02 bits per heavy atom. The SMILES string of the molecule is C=CCOC12Oc3ccc(Oc4ccc(SC)cc4)cc3C3C(CCCCO)C(CCCCO)C=C(C(=NOC(C)(C)C)CC1N(CCOCCO)C(=O)OCCCl)C32. The fourth-order valence-electron chi connectivity index (χ4n) is 8.60. The van der Waals surface area contributed by atoms with E-state index in [4.69, 9.17) is 45.3 Å². The van der Waals surface area contributed by atoms with Gasteiger partial charge in [0.15, 0.2) is 0 Å². The lowest BCUT2D eigenvalue weighted by atomic mass is 9.55. The highest BCUT2D eigenvalue weighted by molar-refractivity contribution is 7.98. The molecule has 3 aliphatic rings. The van der Waals surface area contributed by atoms with Crippen LogP contribution in [0.5, 0.6) is 17.2 Å². The summed E-state index contributed by atoms with van der Waals surface area (Å²) in [5.74, 6) is -0.0638. The number of rotatable bonds is 23. The highest BCUT2D eigenvalue weighted by Crippen LogP contribution is 2.62. The van der Waals surface area contributed by atoms with E-state index in [0.717, 1.165) is 41.7 Å². The van der Waals surface area contributed by atoms with Crippen LogP contribution >= 0.6 is 23.4 Å². The van der Waals surface area contributed by atoms with E-state index in [0.29, 0.717) is 35.8 Å². The van der Waals surface area contributed by atoms with Crippen LogP contribution in [-0.4, -0.2) is 114 Å². The van der Waals surface area contributed by atoms with Gasteiger partial charge in [-0.1, -0.05) is 30.1 Å². The molecule has 2 aromatic rings. The summed E-state index contributed by atoms with van der Waals surface area (Å²) in [6.45, 7) is 10.2. The van der Waals surface area contributed by atoms with Crippen LogP contribution in [0.1, 0.15) is 77.2 Å². The van der Waals surface area contributed by atoms with Crippen LogP contribution in [0.2, 0.25) is 0 Å². The molecule has 3 N–H and O–H groups in total. The molecule has 59 heavy (non-hydrogen) atoms. The van der Waals surface area contributed by atoms with Crippen molar-refractivity contribution in [3.05, 3.63) is 72.3 Å². The molecule has 1 saturated carbocycles. The molecule has 2 aliphatic carbocycles. The molecule has 6 atom stereocenters. The number of aliphatic hydroxyl groups excluding tert-OH is 3. The van der Waals surface area contributed by atoms with Crippen molar-refractivity contribution in [3.63, 3.8) is 0 Å². The van der Waals surface area contributed by atoms with Crippen LogP contribution in [-0.2, 0) is 19.0 Å². The number of ether oxygens (including phenoxy) is 5. The van der Waals surface area contributed by atoms with Crippen LogP contribution in [0, 0.1) is 17.8 Å². The van der Waals surface area contributed by atoms with Crippen LogP contribution in [0.4, 0.5) is 4.79 Å². The second kappa shape index (κ2) is 22.5. The molecule has 1 fully saturated rings. The molecule has 1 heterocycles. The maximum Gasteiger partial charge on any atom is 0.410 e. The molecule has 1 aliphatic heterocycles. The number of hydrogen-bond acceptors (Lipinski definition) is 12. The molecule has 6 unspecified atom stereocenters. The fourth-order valence-corrected chi connectivity index (χ4v) is 9.08. The zero-order chi connectivity index (χ0) is 42.4. The minimum Gasteiger partial charge on any atom is -0.459 e. The quantitative estimate of drug-likeness (QED) is 0.0326. The molecular weight excluding hydrogens is 796 g/mol. The Bertz CT molecular complexity index is 1720. The zero-order valence-electron chi connectivity index (χ0n) is 35.0. The zero-order valence-corrected chi connectivity index (χ0v) is 36.6. The lowest BCUT2D eigenvalue weighted by Crippen LogP contribution is -2.70. The number of aliphatic hydroxyl groups is 3. The molecule has 2 aromatic carbocycles. The van der Waals surface area contributed by atoms with Gasteiger partial charge >= 0.3 is 6.09 Å². The van der Waals surface area contributed by atoms with Gasteiger partial charge in [-0.05, 0) is 113 Å². The van der Waals surface area contributed by atoms with Crippen molar-refractivity contribution in [2.45, 2.75) is 94.0 Å². The summed E-state index contributed by atoms with van der Waals surface area (Å²) in [5, 5.41) is 34.2. The summed E-state index contributed by atoms with van der Waals surface area (Å²) in [6, 6.07) is 13.0. The average Bonchev–Trinajstić information content (AvgIpc) is 3.22. The van der Waals surface area contributed by atoms with E-state index in [1.54, 1.807) is 22.7 Å². The molecule has 0 bridgehead atoms. The highest BCUT2D eigenvalue weighted by atomic mass is 35.5. The second-order valence-electron chi connectivity index (χ2n) is 16.1. The predicted octanol–water partition coefficient (Wildman–Crippen LogP) is 8.32. The Kier molecular flexibility index (Phi) is 17.8. The minimum absolute atomic E-state index is 0.0121. The molecule has 5 rings (SSSR count). The molecule has 0 aromatic heterocycles. The first kappa shape index (κ1) is 46.8. The topological polar surface area (TPSA) is 149 Å². The van der Waals surface area contributed by atoms with E-state index in [9.17, 15) is 20.1 Å². The summed E-state index contributed by atoms with van der Waals surface area (Å²) < 4.78 is 32.2. The lowest BCUT2D eigenvalue weighted by molar-refractivity contribution is -0.256. The Balaban J connectivity index is 1.77. The van der Waals surface area contributed by atoms with Crippen LogP contribution in [0.25, 0.3) is 0 Å². The van der Waals surface area contributed by atoms with Crippen molar-refractivity contribution in [1.82, 2.24) is 4.90 Å². The van der Waals surface area contributed by atoms with Gasteiger partial charge in [0.25, 0.3) is 0 Å². The summed E-state index contributed by atoms with van der Waals surface area (Å²) >= 11 is 7.69. The number of carbonyl (C=O) groups excluding carboxylic acids is 1. The summed E-state index contributed by atoms with van der Waals surface area (Å²) in [4.78, 5) is 23.1. The van der Waals surface area contributed by atoms with Gasteiger partial charge in [0, 0.05) is 42.6 Å². The van der Waals surface area contributed by atoms with Crippen molar-refractivity contribution in [1.29, 1.82) is 0 Å². The molecule has 0 saturated heterocycles. The van der Waals surface area contributed by atoms with Crippen molar-refractivity contribution in [2.75, 3.05) is 64.9 Å². The van der Waals surface area contributed by atoms with Gasteiger partial charge in [0.05, 0.1) is 43.9 Å². The Labute approximate surface area is 358 Å². The monoisotopic (exact) mass is 858 g/mol. The molecule has 0 spiro atoms. The van der Waals surface area contributed by atoms with Crippen LogP contribution in [0.15, 0.2) is 76.8 Å². The molecule has 0 radical (unpaired) electrons. The molecule has 14 heteroatoms. The van der Waals surface area contributed by atoms with Gasteiger partial charge in [0.2, 0.25) is 5.79 Å². The third kappa shape index (κ3) is 11.8. The lowest BCUT2D eigenvalue weighted by Gasteiger charge is -2.59. The Morgan fingerprint density at radius 3 is 2.41 bits per heavy atom. The van der Waals surface area contributed by atoms with Gasteiger partial charge < -0.3 is 43.8 Å². The molecule has 12 nitrogen and oxygen atoms in total. The van der Waals surface area contributed by atoms with E-state index >= 15 is 0 Å². The van der Waals surface area contributed by atoms with Gasteiger partial charge in [-0.15, -0.1) is 29.9 Å². The normalized spacial score (nSPS) is 24.0. The number of alkyl halides is 1. The largest absolute Gasteiger partial charge is 0.459 e. The number of oxime groups is 1. The minimum atomic E-state index is -1.48. The predicted molar refractivity (Wildman–Crippen MR) is 231 cm³/mol. The molecular formula is C45H63ClN2O10S.